The van der Waals surface area contributed by atoms with Crippen LogP contribution < -0.4 is 9.62 Å². The van der Waals surface area contributed by atoms with Crippen LogP contribution in [0.3, 0.4) is 0 Å². The maximum absolute atomic E-state index is 13.7. The molecule has 0 radical (unpaired) electrons. The fourth-order valence-corrected chi connectivity index (χ4v) is 5.33. The number of nitrogens with one attached hydrogen (secondary N) is 1. The molecule has 3 rings (SSSR count). The third kappa shape index (κ3) is 6.27. The fraction of sp³-hybridized carbons (Fsp3) is 0.259. The van der Waals surface area contributed by atoms with Gasteiger partial charge in [0.1, 0.15) is 12.6 Å². The van der Waals surface area contributed by atoms with E-state index in [0.717, 1.165) is 21.0 Å². The van der Waals surface area contributed by atoms with Crippen LogP contribution in [0.15, 0.2) is 83.8 Å². The zero-order chi connectivity index (χ0) is 25.6. The first kappa shape index (κ1) is 26.0. The van der Waals surface area contributed by atoms with Gasteiger partial charge in [0.15, 0.2) is 0 Å². The SMILES string of the molecule is CNC(=O)[C@@H](C)N(Cc1ccccc1)C(=O)CN(c1cc(C)cc(C)c1)S(=O)(=O)c1ccccc1. The largest absolute Gasteiger partial charge is 0.357 e. The highest BCUT2D eigenvalue weighted by atomic mass is 32.2. The van der Waals surface area contributed by atoms with E-state index in [1.165, 1.54) is 24.1 Å². The van der Waals surface area contributed by atoms with Crippen molar-refractivity contribution in [2.24, 2.45) is 0 Å². The average Bonchev–Trinajstić information content (AvgIpc) is 2.85. The molecule has 0 aliphatic rings. The molecular weight excluding hydrogens is 462 g/mol. The van der Waals surface area contributed by atoms with E-state index in [9.17, 15) is 18.0 Å². The summed E-state index contributed by atoms with van der Waals surface area (Å²) in [5.41, 5.74) is 2.98. The van der Waals surface area contributed by atoms with Crippen molar-refractivity contribution < 1.29 is 18.0 Å². The highest BCUT2D eigenvalue weighted by molar-refractivity contribution is 7.92. The molecule has 3 aromatic rings. The van der Waals surface area contributed by atoms with Gasteiger partial charge in [-0.15, -0.1) is 0 Å². The quantitative estimate of drug-likeness (QED) is 0.493. The van der Waals surface area contributed by atoms with Crippen molar-refractivity contribution in [3.05, 3.63) is 95.6 Å². The standard InChI is InChI=1S/C27H31N3O4S/c1-20-15-21(2)17-24(16-20)30(35(33,34)25-13-9-6-10-14-25)19-26(31)29(22(3)27(32)28-4)18-23-11-7-5-8-12-23/h5-17,22H,18-19H2,1-4H3,(H,28,32)/t22-/m1/s1. The van der Waals surface area contributed by atoms with Gasteiger partial charge in [-0.3, -0.25) is 13.9 Å². The summed E-state index contributed by atoms with van der Waals surface area (Å²) in [7, 11) is -2.55. The van der Waals surface area contributed by atoms with Crippen LogP contribution >= 0.6 is 0 Å². The summed E-state index contributed by atoms with van der Waals surface area (Å²) >= 11 is 0. The molecular formula is C27H31N3O4S. The number of aryl methyl sites for hydroxylation is 2. The average molecular weight is 494 g/mol. The van der Waals surface area contributed by atoms with Crippen LogP contribution in [0.25, 0.3) is 0 Å². The van der Waals surface area contributed by atoms with E-state index in [2.05, 4.69) is 5.32 Å². The van der Waals surface area contributed by atoms with Crippen LogP contribution in [0.5, 0.6) is 0 Å². The number of carbonyl (C=O) groups excluding carboxylic acids is 2. The van der Waals surface area contributed by atoms with Crippen molar-refractivity contribution in [2.45, 2.75) is 38.3 Å². The van der Waals surface area contributed by atoms with E-state index in [0.29, 0.717) is 5.69 Å². The van der Waals surface area contributed by atoms with Crippen LogP contribution in [0.1, 0.15) is 23.6 Å². The molecule has 0 saturated heterocycles. The summed E-state index contributed by atoms with van der Waals surface area (Å²) < 4.78 is 28.5. The van der Waals surface area contributed by atoms with E-state index in [4.69, 9.17) is 0 Å². The lowest BCUT2D eigenvalue weighted by atomic mass is 10.1. The molecule has 0 heterocycles. The lowest BCUT2D eigenvalue weighted by Gasteiger charge is -2.32. The van der Waals surface area contributed by atoms with Gasteiger partial charge in [-0.2, -0.15) is 0 Å². The molecule has 0 aliphatic heterocycles. The van der Waals surface area contributed by atoms with Crippen LogP contribution in [-0.2, 0) is 26.2 Å². The van der Waals surface area contributed by atoms with Crippen molar-refractivity contribution >= 4 is 27.5 Å². The van der Waals surface area contributed by atoms with Crippen LogP contribution in [0, 0.1) is 13.8 Å². The third-order valence-corrected chi connectivity index (χ3v) is 7.50. The van der Waals surface area contributed by atoms with Crippen molar-refractivity contribution in [1.82, 2.24) is 10.2 Å². The predicted octanol–water partition coefficient (Wildman–Crippen LogP) is 3.66. The molecule has 3 aromatic carbocycles. The lowest BCUT2D eigenvalue weighted by molar-refractivity contribution is -0.139. The van der Waals surface area contributed by atoms with Crippen molar-refractivity contribution in [3.63, 3.8) is 0 Å². The summed E-state index contributed by atoms with van der Waals surface area (Å²) in [5.74, 6) is -0.818. The van der Waals surface area contributed by atoms with E-state index < -0.39 is 28.5 Å². The van der Waals surface area contributed by atoms with Crippen molar-refractivity contribution in [1.29, 1.82) is 0 Å². The first-order valence-corrected chi connectivity index (χ1v) is 12.8. The minimum Gasteiger partial charge on any atom is -0.357 e. The third-order valence-electron chi connectivity index (χ3n) is 5.71. The number of sulfonamides is 1. The number of hydrogen-bond acceptors (Lipinski definition) is 4. The highest BCUT2D eigenvalue weighted by Crippen LogP contribution is 2.26. The molecule has 1 atom stereocenters. The maximum Gasteiger partial charge on any atom is 0.264 e. The number of rotatable bonds is 9. The van der Waals surface area contributed by atoms with Gasteiger partial charge < -0.3 is 10.2 Å². The van der Waals surface area contributed by atoms with Gasteiger partial charge in [0.2, 0.25) is 11.8 Å². The van der Waals surface area contributed by atoms with E-state index >= 15 is 0 Å². The number of nitrogens with zero attached hydrogens (tertiary/aromatic N) is 2. The minimum absolute atomic E-state index is 0.0842. The molecule has 7 nitrogen and oxygen atoms in total. The smallest absolute Gasteiger partial charge is 0.264 e. The van der Waals surface area contributed by atoms with Crippen LogP contribution in [0.2, 0.25) is 0 Å². The second-order valence-electron chi connectivity index (χ2n) is 8.47. The number of anilines is 1. The Bertz CT molecular complexity index is 1260. The summed E-state index contributed by atoms with van der Waals surface area (Å²) in [5, 5.41) is 2.58. The van der Waals surface area contributed by atoms with Gasteiger partial charge in [-0.05, 0) is 61.7 Å². The van der Waals surface area contributed by atoms with Gasteiger partial charge in [0.05, 0.1) is 10.6 Å². The number of hydrogen-bond donors (Lipinski definition) is 1. The second kappa shape index (κ2) is 11.2. The highest BCUT2D eigenvalue weighted by Gasteiger charge is 2.32. The number of benzene rings is 3. The lowest BCUT2D eigenvalue weighted by Crippen LogP contribution is -2.50. The monoisotopic (exact) mass is 493 g/mol. The topological polar surface area (TPSA) is 86.8 Å². The molecule has 2 amide bonds. The maximum atomic E-state index is 13.7. The molecule has 0 saturated carbocycles. The second-order valence-corrected chi connectivity index (χ2v) is 10.3. The Balaban J connectivity index is 2.05. The summed E-state index contributed by atoms with van der Waals surface area (Å²) in [4.78, 5) is 27.6. The summed E-state index contributed by atoms with van der Waals surface area (Å²) in [6.45, 7) is 5.10. The molecule has 1 N–H and O–H groups in total. The Morgan fingerprint density at radius 1 is 0.886 bits per heavy atom. The molecule has 0 spiro atoms. The van der Waals surface area contributed by atoms with Gasteiger partial charge in [0, 0.05) is 13.6 Å². The van der Waals surface area contributed by atoms with E-state index in [1.807, 2.05) is 50.2 Å². The molecule has 0 aromatic heterocycles. The Kier molecular flexibility index (Phi) is 8.30. The number of carbonyl (C=O) groups is 2. The molecule has 0 bridgehead atoms. The first-order chi connectivity index (χ1) is 16.6. The summed E-state index contributed by atoms with van der Waals surface area (Å²) in [6.07, 6.45) is 0. The molecule has 0 unspecified atom stereocenters. The van der Waals surface area contributed by atoms with Crippen LogP contribution in [0.4, 0.5) is 5.69 Å². The van der Waals surface area contributed by atoms with Crippen molar-refractivity contribution in [3.8, 4) is 0 Å². The Morgan fingerprint density at radius 2 is 1.43 bits per heavy atom. The van der Waals surface area contributed by atoms with Gasteiger partial charge >= 0.3 is 0 Å². The molecule has 8 heteroatoms. The van der Waals surface area contributed by atoms with Gasteiger partial charge in [-0.25, -0.2) is 8.42 Å². The van der Waals surface area contributed by atoms with Gasteiger partial charge in [-0.1, -0.05) is 54.6 Å². The molecule has 184 valence electrons. The molecule has 0 fully saturated rings. The molecule has 0 aliphatic carbocycles. The zero-order valence-corrected chi connectivity index (χ0v) is 21.2. The van der Waals surface area contributed by atoms with Crippen LogP contribution in [-0.4, -0.2) is 44.8 Å². The van der Waals surface area contributed by atoms with E-state index in [1.54, 1.807) is 37.3 Å². The predicted molar refractivity (Wildman–Crippen MR) is 137 cm³/mol. The zero-order valence-electron chi connectivity index (χ0n) is 20.4. The summed E-state index contributed by atoms with van der Waals surface area (Å²) in [6, 6.07) is 21.9. The van der Waals surface area contributed by atoms with Crippen molar-refractivity contribution in [2.75, 3.05) is 17.9 Å². The Hall–Kier alpha value is -3.65. The molecule has 35 heavy (non-hydrogen) atoms. The number of likely N-dealkylation sites (N-methyl/N-ethyl adjacent to an activating group) is 1. The first-order valence-electron chi connectivity index (χ1n) is 11.3. The Morgan fingerprint density at radius 3 is 1.97 bits per heavy atom. The Labute approximate surface area is 207 Å². The minimum atomic E-state index is -4.06. The fourth-order valence-electron chi connectivity index (χ4n) is 3.91. The van der Waals surface area contributed by atoms with E-state index in [-0.39, 0.29) is 17.3 Å². The normalized spacial score (nSPS) is 12.0. The van der Waals surface area contributed by atoms with Gasteiger partial charge in [0.25, 0.3) is 10.0 Å². The number of amides is 2.